The van der Waals surface area contributed by atoms with Gasteiger partial charge in [0.1, 0.15) is 11.6 Å². The van der Waals surface area contributed by atoms with Crippen molar-refractivity contribution in [3.63, 3.8) is 0 Å². The fourth-order valence-electron chi connectivity index (χ4n) is 2.76. The first-order chi connectivity index (χ1) is 10.9. The van der Waals surface area contributed by atoms with Crippen molar-refractivity contribution in [1.29, 1.82) is 5.41 Å². The zero-order chi connectivity index (χ0) is 16.7. The Bertz CT molecular complexity index is 967. The summed E-state index contributed by atoms with van der Waals surface area (Å²) in [5, 5.41) is 26.0. The molecule has 2 N–H and O–H groups in total. The molecule has 7 heteroatoms. The molecular weight excluding hydrogens is 294 g/mol. The van der Waals surface area contributed by atoms with Crippen LogP contribution in [0.3, 0.4) is 0 Å². The van der Waals surface area contributed by atoms with E-state index in [1.807, 2.05) is 17.4 Å². The number of nitrogens with zero attached hydrogens (tertiary/aromatic N) is 4. The summed E-state index contributed by atoms with van der Waals surface area (Å²) in [5.41, 5.74) is 3.49. The van der Waals surface area contributed by atoms with Crippen LogP contribution >= 0.6 is 0 Å². The Morgan fingerprint density at radius 2 is 2.00 bits per heavy atom. The van der Waals surface area contributed by atoms with Crippen LogP contribution in [0.4, 0.5) is 0 Å². The SMILES string of the molecule is COc1cc2c(cc1/C(C(C)=N)=C(\C)O)ncc1nnc(C)n12. The number of aromatic nitrogens is 4. The maximum Gasteiger partial charge on any atom is 0.179 e. The fraction of sp³-hybridized carbons (Fsp3) is 0.250. The second-order valence-electron chi connectivity index (χ2n) is 5.33. The molecule has 7 nitrogen and oxygen atoms in total. The minimum atomic E-state index is 0.0664. The van der Waals surface area contributed by atoms with Gasteiger partial charge in [-0.25, -0.2) is 0 Å². The quantitative estimate of drug-likeness (QED) is 0.572. The maximum absolute atomic E-state index is 9.95. The summed E-state index contributed by atoms with van der Waals surface area (Å²) in [6.07, 6.45) is 1.64. The first-order valence-corrected chi connectivity index (χ1v) is 7.08. The van der Waals surface area contributed by atoms with Gasteiger partial charge >= 0.3 is 0 Å². The van der Waals surface area contributed by atoms with E-state index in [-0.39, 0.29) is 11.5 Å². The van der Waals surface area contributed by atoms with Crippen LogP contribution in [0.2, 0.25) is 0 Å². The van der Waals surface area contributed by atoms with Gasteiger partial charge in [-0.2, -0.15) is 0 Å². The molecule has 0 bridgehead atoms. The smallest absolute Gasteiger partial charge is 0.179 e. The zero-order valence-electron chi connectivity index (χ0n) is 13.4. The Balaban J connectivity index is 2.42. The highest BCUT2D eigenvalue weighted by Gasteiger charge is 2.17. The minimum Gasteiger partial charge on any atom is -0.512 e. The van der Waals surface area contributed by atoms with Gasteiger partial charge in [0.05, 0.1) is 30.1 Å². The molecule has 3 aromatic rings. The normalized spacial score (nSPS) is 12.5. The molecule has 0 fully saturated rings. The van der Waals surface area contributed by atoms with Crippen molar-refractivity contribution in [3.05, 3.63) is 35.5 Å². The molecule has 0 aliphatic heterocycles. The molecule has 0 saturated heterocycles. The first kappa shape index (κ1) is 15.0. The minimum absolute atomic E-state index is 0.0664. The monoisotopic (exact) mass is 311 g/mol. The second kappa shape index (κ2) is 5.35. The van der Waals surface area contributed by atoms with Crippen LogP contribution in [0.5, 0.6) is 5.75 Å². The average molecular weight is 311 g/mol. The molecule has 0 radical (unpaired) electrons. The van der Waals surface area contributed by atoms with Crippen LogP contribution in [0.25, 0.3) is 22.3 Å². The van der Waals surface area contributed by atoms with Crippen molar-refractivity contribution in [2.24, 2.45) is 0 Å². The number of aliphatic hydroxyl groups excluding tert-OH is 1. The highest BCUT2D eigenvalue weighted by atomic mass is 16.5. The van der Waals surface area contributed by atoms with Gasteiger partial charge in [0.25, 0.3) is 0 Å². The van der Waals surface area contributed by atoms with E-state index in [1.54, 1.807) is 33.2 Å². The van der Waals surface area contributed by atoms with E-state index in [0.29, 0.717) is 28.0 Å². The molecule has 0 atom stereocenters. The molecular formula is C16H17N5O2. The number of rotatable bonds is 3. The lowest BCUT2D eigenvalue weighted by atomic mass is 9.99. The lowest BCUT2D eigenvalue weighted by Gasteiger charge is -2.14. The number of hydrogen-bond donors (Lipinski definition) is 2. The highest BCUT2D eigenvalue weighted by Crippen LogP contribution is 2.32. The zero-order valence-corrected chi connectivity index (χ0v) is 13.4. The Morgan fingerprint density at radius 3 is 2.61 bits per heavy atom. The standard InChI is InChI=1S/C16H17N5O2/c1-8(17)16(9(2)22)11-5-12-13(6-14(11)23-4)21-10(3)19-20-15(21)7-18-12/h5-7,17,22H,1-4H3/b16-9+,17-8?. The predicted molar refractivity (Wildman–Crippen MR) is 88.2 cm³/mol. The molecule has 2 heterocycles. The number of nitrogens with one attached hydrogen (secondary N) is 1. The molecule has 1 aromatic carbocycles. The van der Waals surface area contributed by atoms with Crippen LogP contribution in [-0.2, 0) is 0 Å². The van der Waals surface area contributed by atoms with E-state index in [0.717, 1.165) is 11.3 Å². The van der Waals surface area contributed by atoms with Crippen LogP contribution in [0.15, 0.2) is 24.1 Å². The van der Waals surface area contributed by atoms with E-state index in [4.69, 9.17) is 10.1 Å². The summed E-state index contributed by atoms with van der Waals surface area (Å²) < 4.78 is 7.37. The molecule has 23 heavy (non-hydrogen) atoms. The molecule has 118 valence electrons. The summed E-state index contributed by atoms with van der Waals surface area (Å²) in [6, 6.07) is 3.63. The van der Waals surface area contributed by atoms with Crippen molar-refractivity contribution in [2.75, 3.05) is 7.11 Å². The fourth-order valence-corrected chi connectivity index (χ4v) is 2.76. The molecule has 0 aliphatic rings. The summed E-state index contributed by atoms with van der Waals surface area (Å²) in [6.45, 7) is 5.04. The van der Waals surface area contributed by atoms with E-state index in [2.05, 4.69) is 15.2 Å². The third-order valence-electron chi connectivity index (χ3n) is 3.71. The van der Waals surface area contributed by atoms with Gasteiger partial charge in [0.15, 0.2) is 5.65 Å². The number of fused-ring (bicyclic) bond motifs is 3. The number of ether oxygens (including phenoxy) is 1. The highest BCUT2D eigenvalue weighted by molar-refractivity contribution is 6.22. The van der Waals surface area contributed by atoms with Gasteiger partial charge in [-0.05, 0) is 26.8 Å². The Labute approximate surface area is 132 Å². The molecule has 0 unspecified atom stereocenters. The number of aryl methyl sites for hydroxylation is 1. The number of methoxy groups -OCH3 is 1. The lowest BCUT2D eigenvalue weighted by molar-refractivity contribution is 0.409. The molecule has 0 saturated carbocycles. The molecule has 0 spiro atoms. The van der Waals surface area contributed by atoms with Crippen molar-refractivity contribution in [2.45, 2.75) is 20.8 Å². The van der Waals surface area contributed by atoms with Gasteiger partial charge in [-0.3, -0.25) is 9.38 Å². The van der Waals surface area contributed by atoms with Gasteiger partial charge in [-0.15, -0.1) is 10.2 Å². The van der Waals surface area contributed by atoms with Crippen LogP contribution in [0.1, 0.15) is 25.2 Å². The number of benzene rings is 1. The molecule has 0 amide bonds. The van der Waals surface area contributed by atoms with Crippen molar-refractivity contribution in [1.82, 2.24) is 19.6 Å². The summed E-state index contributed by atoms with van der Waals surface area (Å²) in [4.78, 5) is 4.41. The molecule has 2 aromatic heterocycles. The number of hydrogen-bond acceptors (Lipinski definition) is 6. The van der Waals surface area contributed by atoms with E-state index < -0.39 is 0 Å². The largest absolute Gasteiger partial charge is 0.512 e. The van der Waals surface area contributed by atoms with Crippen LogP contribution in [0, 0.1) is 12.3 Å². The van der Waals surface area contributed by atoms with Crippen LogP contribution < -0.4 is 4.74 Å². The van der Waals surface area contributed by atoms with Gasteiger partial charge in [0.2, 0.25) is 0 Å². The summed E-state index contributed by atoms with van der Waals surface area (Å²) >= 11 is 0. The first-order valence-electron chi connectivity index (χ1n) is 7.08. The van der Waals surface area contributed by atoms with E-state index in [1.165, 1.54) is 0 Å². The van der Waals surface area contributed by atoms with Crippen LogP contribution in [-0.4, -0.2) is 37.5 Å². The third kappa shape index (κ3) is 2.30. The van der Waals surface area contributed by atoms with Gasteiger partial charge in [-0.1, -0.05) is 0 Å². The topological polar surface area (TPSA) is 96.4 Å². The number of allylic oxidation sites excluding steroid dienone is 2. The van der Waals surface area contributed by atoms with Gasteiger partial charge in [0, 0.05) is 22.9 Å². The van der Waals surface area contributed by atoms with Crippen molar-refractivity contribution >= 4 is 28.0 Å². The molecule has 0 aliphatic carbocycles. The lowest BCUT2D eigenvalue weighted by Crippen LogP contribution is -2.03. The Morgan fingerprint density at radius 1 is 1.26 bits per heavy atom. The maximum atomic E-state index is 9.95. The Hall–Kier alpha value is -2.96. The van der Waals surface area contributed by atoms with Crippen molar-refractivity contribution < 1.29 is 9.84 Å². The average Bonchev–Trinajstić information content (AvgIpc) is 2.87. The predicted octanol–water partition coefficient (Wildman–Crippen LogP) is 2.92. The van der Waals surface area contributed by atoms with Crippen molar-refractivity contribution in [3.8, 4) is 5.75 Å². The van der Waals surface area contributed by atoms with E-state index >= 15 is 0 Å². The Kier molecular flexibility index (Phi) is 3.48. The summed E-state index contributed by atoms with van der Waals surface area (Å²) in [7, 11) is 1.56. The van der Waals surface area contributed by atoms with Gasteiger partial charge < -0.3 is 15.3 Å². The third-order valence-corrected chi connectivity index (χ3v) is 3.71. The number of aliphatic hydroxyl groups is 1. The van der Waals surface area contributed by atoms with E-state index in [9.17, 15) is 5.11 Å². The summed E-state index contributed by atoms with van der Waals surface area (Å²) in [5.74, 6) is 1.37. The second-order valence-corrected chi connectivity index (χ2v) is 5.33. The molecule has 3 rings (SSSR count).